The first-order valence-electron chi connectivity index (χ1n) is 4.58. The van der Waals surface area contributed by atoms with Crippen LogP contribution in [0.25, 0.3) is 0 Å². The van der Waals surface area contributed by atoms with E-state index in [9.17, 15) is 4.57 Å². The lowest BCUT2D eigenvalue weighted by Crippen LogP contribution is -2.03. The molecule has 0 aromatic carbocycles. The molecule has 1 unspecified atom stereocenters. The molecule has 0 aliphatic rings. The fourth-order valence-electron chi connectivity index (χ4n) is 0.656. The van der Waals surface area contributed by atoms with Gasteiger partial charge in [0.1, 0.15) is 0 Å². The van der Waals surface area contributed by atoms with E-state index in [1.165, 1.54) is 6.08 Å². The number of rotatable bonds is 7. The van der Waals surface area contributed by atoms with Crippen LogP contribution in [0.1, 0.15) is 20.8 Å². The van der Waals surface area contributed by atoms with Crippen molar-refractivity contribution in [3.63, 3.8) is 0 Å². The quantitative estimate of drug-likeness (QED) is 0.484. The van der Waals surface area contributed by atoms with Crippen LogP contribution < -0.4 is 0 Å². The van der Waals surface area contributed by atoms with Crippen LogP contribution in [0.3, 0.4) is 0 Å². The molecule has 0 amide bonds. The molecule has 3 nitrogen and oxygen atoms in total. The third-order valence-corrected chi connectivity index (χ3v) is 3.32. The SMILES string of the molecule is C=CCOP(=O)(OCC(C)C)C(=C)C. The highest BCUT2D eigenvalue weighted by Gasteiger charge is 2.25. The molecule has 0 aliphatic heterocycles. The summed E-state index contributed by atoms with van der Waals surface area (Å²) in [6.45, 7) is 13.3. The zero-order valence-corrected chi connectivity index (χ0v) is 10.0. The molecule has 0 bridgehead atoms. The lowest BCUT2D eigenvalue weighted by Gasteiger charge is -2.18. The molecule has 0 aromatic heterocycles. The van der Waals surface area contributed by atoms with E-state index in [2.05, 4.69) is 13.2 Å². The fourth-order valence-corrected chi connectivity index (χ4v) is 1.97. The summed E-state index contributed by atoms with van der Waals surface area (Å²) in [5.41, 5.74) is 0. The monoisotopic (exact) mass is 218 g/mol. The summed E-state index contributed by atoms with van der Waals surface area (Å²) in [4.78, 5) is 0. The Morgan fingerprint density at radius 3 is 2.43 bits per heavy atom. The van der Waals surface area contributed by atoms with Crippen LogP contribution in [0.2, 0.25) is 0 Å². The molecule has 0 N–H and O–H groups in total. The van der Waals surface area contributed by atoms with Gasteiger partial charge in [-0.05, 0) is 12.8 Å². The molecule has 0 heterocycles. The van der Waals surface area contributed by atoms with Crippen molar-refractivity contribution in [1.29, 1.82) is 0 Å². The normalized spacial score (nSPS) is 15.1. The highest BCUT2D eigenvalue weighted by Crippen LogP contribution is 2.55. The summed E-state index contributed by atoms with van der Waals surface area (Å²) in [5, 5.41) is 0.431. The van der Waals surface area contributed by atoms with Crippen molar-refractivity contribution in [2.45, 2.75) is 20.8 Å². The van der Waals surface area contributed by atoms with Crippen molar-refractivity contribution in [1.82, 2.24) is 0 Å². The molecule has 0 radical (unpaired) electrons. The van der Waals surface area contributed by atoms with Crippen molar-refractivity contribution in [3.8, 4) is 0 Å². The van der Waals surface area contributed by atoms with Gasteiger partial charge >= 0.3 is 7.60 Å². The maximum Gasteiger partial charge on any atom is 0.356 e. The third-order valence-electron chi connectivity index (χ3n) is 1.41. The predicted octanol–water partition coefficient (Wildman–Crippen LogP) is 3.59. The Labute approximate surface area is 86.3 Å². The Bertz CT molecular complexity index is 246. The molecule has 82 valence electrons. The van der Waals surface area contributed by atoms with Gasteiger partial charge in [-0.2, -0.15) is 0 Å². The van der Waals surface area contributed by atoms with Crippen LogP contribution in [-0.2, 0) is 13.6 Å². The second-order valence-corrected chi connectivity index (χ2v) is 5.78. The van der Waals surface area contributed by atoms with Gasteiger partial charge < -0.3 is 9.05 Å². The van der Waals surface area contributed by atoms with Crippen LogP contribution in [0.4, 0.5) is 0 Å². The average molecular weight is 218 g/mol. The van der Waals surface area contributed by atoms with Gasteiger partial charge in [-0.3, -0.25) is 4.57 Å². The summed E-state index contributed by atoms with van der Waals surface area (Å²) in [6.07, 6.45) is 1.54. The second kappa shape index (κ2) is 6.18. The number of hydrogen-bond acceptors (Lipinski definition) is 3. The van der Waals surface area contributed by atoms with Gasteiger partial charge in [0.2, 0.25) is 0 Å². The van der Waals surface area contributed by atoms with Crippen molar-refractivity contribution >= 4 is 7.60 Å². The van der Waals surface area contributed by atoms with Gasteiger partial charge in [0.05, 0.1) is 13.2 Å². The standard InChI is InChI=1S/C10H19O3P/c1-6-7-12-14(11,10(4)5)13-8-9(2)3/h6,9H,1,4,7-8H2,2-3,5H3. The summed E-state index contributed by atoms with van der Waals surface area (Å²) in [5.74, 6) is 0.315. The summed E-state index contributed by atoms with van der Waals surface area (Å²) in [6, 6.07) is 0. The maximum atomic E-state index is 12.0. The molecule has 14 heavy (non-hydrogen) atoms. The van der Waals surface area contributed by atoms with Crippen molar-refractivity contribution in [3.05, 3.63) is 24.5 Å². The van der Waals surface area contributed by atoms with Crippen LogP contribution in [0, 0.1) is 5.92 Å². The first kappa shape index (κ1) is 13.6. The molecule has 0 saturated carbocycles. The van der Waals surface area contributed by atoms with E-state index in [1.54, 1.807) is 6.92 Å². The molecule has 0 fully saturated rings. The third kappa shape index (κ3) is 4.75. The molecule has 0 spiro atoms. The molecular formula is C10H19O3P. The van der Waals surface area contributed by atoms with E-state index < -0.39 is 7.60 Å². The second-order valence-electron chi connectivity index (χ2n) is 3.51. The van der Waals surface area contributed by atoms with Gasteiger partial charge in [0.25, 0.3) is 0 Å². The Kier molecular flexibility index (Phi) is 6.01. The van der Waals surface area contributed by atoms with E-state index in [1.807, 2.05) is 13.8 Å². The highest BCUT2D eigenvalue weighted by atomic mass is 31.2. The average Bonchev–Trinajstić information content (AvgIpc) is 2.11. The smallest absolute Gasteiger partial charge is 0.305 e. The van der Waals surface area contributed by atoms with Crippen LogP contribution >= 0.6 is 7.60 Å². The minimum Gasteiger partial charge on any atom is -0.305 e. The van der Waals surface area contributed by atoms with E-state index in [-0.39, 0.29) is 6.61 Å². The maximum absolute atomic E-state index is 12.0. The van der Waals surface area contributed by atoms with Gasteiger partial charge in [-0.25, -0.2) is 0 Å². The Morgan fingerprint density at radius 1 is 1.50 bits per heavy atom. The van der Waals surface area contributed by atoms with Crippen molar-refractivity contribution < 1.29 is 13.6 Å². The molecule has 0 aromatic rings. The van der Waals surface area contributed by atoms with Gasteiger partial charge in [-0.1, -0.05) is 26.5 Å². The first-order valence-corrected chi connectivity index (χ1v) is 6.12. The topological polar surface area (TPSA) is 35.5 Å². The number of hydrogen-bond donors (Lipinski definition) is 0. The molecule has 0 aliphatic carbocycles. The van der Waals surface area contributed by atoms with E-state index in [4.69, 9.17) is 9.05 Å². The van der Waals surface area contributed by atoms with E-state index in [0.717, 1.165) is 0 Å². The van der Waals surface area contributed by atoms with Crippen LogP contribution in [-0.4, -0.2) is 13.2 Å². The van der Waals surface area contributed by atoms with Crippen LogP contribution in [0.15, 0.2) is 24.5 Å². The summed E-state index contributed by atoms with van der Waals surface area (Å²) >= 11 is 0. The largest absolute Gasteiger partial charge is 0.356 e. The molecule has 1 atom stereocenters. The van der Waals surface area contributed by atoms with E-state index >= 15 is 0 Å². The van der Waals surface area contributed by atoms with Gasteiger partial charge in [0, 0.05) is 5.31 Å². The molecular weight excluding hydrogens is 199 g/mol. The lowest BCUT2D eigenvalue weighted by molar-refractivity contribution is 0.204. The first-order chi connectivity index (χ1) is 6.42. The number of allylic oxidation sites excluding steroid dienone is 1. The zero-order valence-electron chi connectivity index (χ0n) is 9.16. The molecule has 0 rings (SSSR count). The molecule has 4 heteroatoms. The summed E-state index contributed by atoms with van der Waals surface area (Å²) in [7, 11) is -3.13. The zero-order chi connectivity index (χ0) is 11.2. The minimum atomic E-state index is -3.13. The highest BCUT2D eigenvalue weighted by molar-refractivity contribution is 7.58. The van der Waals surface area contributed by atoms with Crippen molar-refractivity contribution in [2.24, 2.45) is 5.92 Å². The Balaban J connectivity index is 4.32. The van der Waals surface area contributed by atoms with Gasteiger partial charge in [0.15, 0.2) is 0 Å². The van der Waals surface area contributed by atoms with Crippen molar-refractivity contribution in [2.75, 3.05) is 13.2 Å². The fraction of sp³-hybridized carbons (Fsp3) is 0.600. The Hall–Kier alpha value is -0.370. The van der Waals surface area contributed by atoms with Crippen LogP contribution in [0.5, 0.6) is 0 Å². The predicted molar refractivity (Wildman–Crippen MR) is 59.4 cm³/mol. The van der Waals surface area contributed by atoms with E-state index in [0.29, 0.717) is 17.8 Å². The summed E-state index contributed by atoms with van der Waals surface area (Å²) < 4.78 is 22.3. The molecule has 0 saturated heterocycles. The Morgan fingerprint density at radius 2 is 2.07 bits per heavy atom. The lowest BCUT2D eigenvalue weighted by atomic mass is 10.2. The van der Waals surface area contributed by atoms with Gasteiger partial charge in [-0.15, -0.1) is 6.58 Å². The minimum absolute atomic E-state index is 0.211.